The van der Waals surface area contributed by atoms with E-state index >= 15 is 0 Å². The van der Waals surface area contributed by atoms with Gasteiger partial charge in [0.1, 0.15) is 0 Å². The predicted octanol–water partition coefficient (Wildman–Crippen LogP) is 2.31. The molecule has 0 aliphatic carbocycles. The fraction of sp³-hybridized carbons (Fsp3) is 0.400. The number of aryl methyl sites for hydroxylation is 2. The molecule has 68 valence electrons. The molecular formula is C10H12N2O. The number of aliphatic imine (C=N–C) groups is 1. The zero-order valence-corrected chi connectivity index (χ0v) is 7.87. The number of hydrogen-bond acceptors (Lipinski definition) is 3. The summed E-state index contributed by atoms with van der Waals surface area (Å²) in [5.41, 5.74) is 2.52. The Hall–Kier alpha value is -1.47. The summed E-state index contributed by atoms with van der Waals surface area (Å²) in [5.74, 6) is 0. The van der Waals surface area contributed by atoms with Crippen molar-refractivity contribution in [2.24, 2.45) is 4.99 Å². The number of carbonyl (C=O) groups excluding carboxylic acids is 1. The second kappa shape index (κ2) is 4.53. The van der Waals surface area contributed by atoms with Gasteiger partial charge in [-0.25, -0.2) is 4.79 Å². The van der Waals surface area contributed by atoms with Crippen molar-refractivity contribution in [2.75, 3.05) is 0 Å². The molecule has 0 amide bonds. The van der Waals surface area contributed by atoms with E-state index in [1.165, 1.54) is 6.08 Å². The van der Waals surface area contributed by atoms with Crippen LogP contribution in [0.15, 0.2) is 17.1 Å². The fourth-order valence-electron chi connectivity index (χ4n) is 1.22. The highest BCUT2D eigenvalue weighted by atomic mass is 16.1. The Morgan fingerprint density at radius 1 is 1.54 bits per heavy atom. The van der Waals surface area contributed by atoms with Crippen LogP contribution in [-0.2, 0) is 11.2 Å². The number of rotatable bonds is 3. The standard InChI is InChI=1S/C10H12N2O/c1-3-4-9-6-10(11-7-13)5-8(2)12-9/h5-6H,3-4H2,1-2H3. The van der Waals surface area contributed by atoms with Gasteiger partial charge in [-0.15, -0.1) is 0 Å². The largest absolute Gasteiger partial charge is 0.258 e. The first-order chi connectivity index (χ1) is 6.26. The summed E-state index contributed by atoms with van der Waals surface area (Å²) in [6.07, 6.45) is 3.49. The normalized spacial score (nSPS) is 9.38. The van der Waals surface area contributed by atoms with Crippen LogP contribution in [-0.4, -0.2) is 11.1 Å². The Labute approximate surface area is 77.5 Å². The van der Waals surface area contributed by atoms with Crippen LogP contribution in [0.4, 0.5) is 5.69 Å². The van der Waals surface area contributed by atoms with E-state index in [4.69, 9.17) is 0 Å². The van der Waals surface area contributed by atoms with Crippen molar-refractivity contribution in [3.8, 4) is 0 Å². The molecule has 0 radical (unpaired) electrons. The second-order valence-corrected chi connectivity index (χ2v) is 2.91. The van der Waals surface area contributed by atoms with Gasteiger partial charge in [0.05, 0.1) is 5.69 Å². The van der Waals surface area contributed by atoms with Crippen LogP contribution in [0, 0.1) is 6.92 Å². The summed E-state index contributed by atoms with van der Waals surface area (Å²) in [4.78, 5) is 17.9. The predicted molar refractivity (Wildman–Crippen MR) is 50.8 cm³/mol. The number of pyridine rings is 1. The third-order valence-electron chi connectivity index (χ3n) is 1.67. The molecule has 0 fully saturated rings. The summed E-state index contributed by atoms with van der Waals surface area (Å²) >= 11 is 0. The van der Waals surface area contributed by atoms with Crippen molar-refractivity contribution in [1.82, 2.24) is 4.98 Å². The lowest BCUT2D eigenvalue weighted by atomic mass is 10.2. The molecule has 0 saturated carbocycles. The van der Waals surface area contributed by atoms with Gasteiger partial charge in [-0.2, -0.15) is 4.99 Å². The lowest BCUT2D eigenvalue weighted by Crippen LogP contribution is -1.90. The highest BCUT2D eigenvalue weighted by Crippen LogP contribution is 2.14. The smallest absolute Gasteiger partial charge is 0.240 e. The van der Waals surface area contributed by atoms with Gasteiger partial charge < -0.3 is 0 Å². The molecule has 0 saturated heterocycles. The first-order valence-corrected chi connectivity index (χ1v) is 4.31. The summed E-state index contributed by atoms with van der Waals surface area (Å²) in [6, 6.07) is 3.59. The average molecular weight is 176 g/mol. The second-order valence-electron chi connectivity index (χ2n) is 2.91. The van der Waals surface area contributed by atoms with Gasteiger partial charge in [0, 0.05) is 11.4 Å². The number of nitrogens with zero attached hydrogens (tertiary/aromatic N) is 2. The van der Waals surface area contributed by atoms with E-state index < -0.39 is 0 Å². The quantitative estimate of drug-likeness (QED) is 0.524. The first kappa shape index (κ1) is 9.62. The molecule has 0 N–H and O–H groups in total. The molecule has 3 nitrogen and oxygen atoms in total. The highest BCUT2D eigenvalue weighted by Gasteiger charge is 1.97. The zero-order valence-electron chi connectivity index (χ0n) is 7.87. The molecule has 0 aliphatic heterocycles. The van der Waals surface area contributed by atoms with Crippen LogP contribution >= 0.6 is 0 Å². The Bertz CT molecular complexity index is 341. The Morgan fingerprint density at radius 2 is 2.31 bits per heavy atom. The van der Waals surface area contributed by atoms with Gasteiger partial charge >= 0.3 is 0 Å². The number of hydrogen-bond donors (Lipinski definition) is 0. The molecule has 1 heterocycles. The summed E-state index contributed by atoms with van der Waals surface area (Å²) in [5, 5.41) is 0. The molecule has 1 rings (SSSR count). The van der Waals surface area contributed by atoms with Crippen molar-refractivity contribution >= 4 is 11.8 Å². The van der Waals surface area contributed by atoms with Gasteiger partial charge in [-0.1, -0.05) is 13.3 Å². The molecule has 3 heteroatoms. The van der Waals surface area contributed by atoms with Crippen LogP contribution in [0.5, 0.6) is 0 Å². The molecule has 13 heavy (non-hydrogen) atoms. The number of aromatic nitrogens is 1. The van der Waals surface area contributed by atoms with E-state index in [1.54, 1.807) is 6.07 Å². The third-order valence-corrected chi connectivity index (χ3v) is 1.67. The van der Waals surface area contributed by atoms with Crippen molar-refractivity contribution in [3.63, 3.8) is 0 Å². The van der Waals surface area contributed by atoms with E-state index in [9.17, 15) is 4.79 Å². The molecular weight excluding hydrogens is 164 g/mol. The maximum atomic E-state index is 10.0. The molecule has 1 aromatic heterocycles. The van der Waals surface area contributed by atoms with Crippen molar-refractivity contribution in [3.05, 3.63) is 23.5 Å². The van der Waals surface area contributed by atoms with E-state index in [1.807, 2.05) is 13.0 Å². The topological polar surface area (TPSA) is 42.3 Å². The Morgan fingerprint density at radius 3 is 2.92 bits per heavy atom. The Balaban J connectivity index is 3.03. The van der Waals surface area contributed by atoms with Gasteiger partial charge in [-0.3, -0.25) is 4.98 Å². The SMILES string of the molecule is CCCc1cc(N=C=O)cc(C)n1. The molecule has 1 aromatic rings. The third kappa shape index (κ3) is 2.80. The minimum atomic E-state index is 0.644. The van der Waals surface area contributed by atoms with E-state index in [-0.39, 0.29) is 0 Å². The molecule has 0 aliphatic rings. The van der Waals surface area contributed by atoms with Crippen LogP contribution in [0.25, 0.3) is 0 Å². The van der Waals surface area contributed by atoms with Gasteiger partial charge in [0.15, 0.2) is 0 Å². The average Bonchev–Trinajstić information content (AvgIpc) is 2.04. The number of isocyanates is 1. The van der Waals surface area contributed by atoms with E-state index in [2.05, 4.69) is 16.9 Å². The molecule has 0 spiro atoms. The maximum Gasteiger partial charge on any atom is 0.240 e. The van der Waals surface area contributed by atoms with Crippen LogP contribution in [0.3, 0.4) is 0 Å². The molecule has 0 aromatic carbocycles. The van der Waals surface area contributed by atoms with Crippen molar-refractivity contribution in [1.29, 1.82) is 0 Å². The van der Waals surface area contributed by atoms with Gasteiger partial charge in [-0.05, 0) is 25.5 Å². The summed E-state index contributed by atoms with van der Waals surface area (Å²) < 4.78 is 0. The van der Waals surface area contributed by atoms with Crippen molar-refractivity contribution in [2.45, 2.75) is 26.7 Å². The van der Waals surface area contributed by atoms with E-state index in [0.29, 0.717) is 5.69 Å². The maximum absolute atomic E-state index is 10.0. The van der Waals surface area contributed by atoms with Gasteiger partial charge in [0.2, 0.25) is 6.08 Å². The molecule has 0 bridgehead atoms. The summed E-state index contributed by atoms with van der Waals surface area (Å²) in [6.45, 7) is 3.98. The molecule has 0 unspecified atom stereocenters. The Kier molecular flexibility index (Phi) is 3.35. The van der Waals surface area contributed by atoms with Crippen LogP contribution in [0.2, 0.25) is 0 Å². The lowest BCUT2D eigenvalue weighted by Gasteiger charge is -2.00. The van der Waals surface area contributed by atoms with Crippen LogP contribution in [0.1, 0.15) is 24.7 Å². The summed E-state index contributed by atoms with van der Waals surface area (Å²) in [7, 11) is 0. The first-order valence-electron chi connectivity index (χ1n) is 4.31. The minimum absolute atomic E-state index is 0.644. The van der Waals surface area contributed by atoms with Gasteiger partial charge in [0.25, 0.3) is 0 Å². The monoisotopic (exact) mass is 176 g/mol. The van der Waals surface area contributed by atoms with Crippen LogP contribution < -0.4 is 0 Å². The fourth-order valence-corrected chi connectivity index (χ4v) is 1.22. The van der Waals surface area contributed by atoms with Crippen molar-refractivity contribution < 1.29 is 4.79 Å². The zero-order chi connectivity index (χ0) is 9.68. The van der Waals surface area contributed by atoms with E-state index in [0.717, 1.165) is 24.2 Å². The minimum Gasteiger partial charge on any atom is -0.258 e. The lowest BCUT2D eigenvalue weighted by molar-refractivity contribution is 0.565. The highest BCUT2D eigenvalue weighted by molar-refractivity contribution is 5.49. The molecule has 0 atom stereocenters.